The van der Waals surface area contributed by atoms with Gasteiger partial charge in [0.25, 0.3) is 5.91 Å². The maximum atomic E-state index is 12.4. The normalized spacial score (nSPS) is 24.7. The number of amides is 1. The lowest BCUT2D eigenvalue weighted by Crippen LogP contribution is -2.35. The lowest BCUT2D eigenvalue weighted by molar-refractivity contribution is 0.0994. The average Bonchev–Trinajstić information content (AvgIpc) is 3.15. The van der Waals surface area contributed by atoms with Gasteiger partial charge in [-0.1, -0.05) is 36.7 Å². The van der Waals surface area contributed by atoms with Gasteiger partial charge in [-0.15, -0.1) is 10.2 Å². The van der Waals surface area contributed by atoms with Crippen molar-refractivity contribution in [1.82, 2.24) is 14.5 Å². The van der Waals surface area contributed by atoms with Gasteiger partial charge in [0.1, 0.15) is 0 Å². The highest BCUT2D eigenvalue weighted by molar-refractivity contribution is 9.10. The van der Waals surface area contributed by atoms with Crippen LogP contribution in [0.1, 0.15) is 50.4 Å². The van der Waals surface area contributed by atoms with Crippen LogP contribution in [0.15, 0.2) is 57.4 Å². The van der Waals surface area contributed by atoms with Crippen molar-refractivity contribution in [2.24, 2.45) is 21.1 Å². The molecule has 2 aromatic heterocycles. The van der Waals surface area contributed by atoms with Crippen molar-refractivity contribution in [2.75, 3.05) is 6.54 Å². The minimum atomic E-state index is -0.498. The Morgan fingerprint density at radius 1 is 1.27 bits per heavy atom. The second-order valence-corrected chi connectivity index (χ2v) is 11.5. The Morgan fingerprint density at radius 2 is 2.09 bits per heavy atom. The Hall–Kier alpha value is -2.58. The van der Waals surface area contributed by atoms with E-state index in [1.165, 1.54) is 19.0 Å². The Balaban J connectivity index is 1.50. The molecule has 33 heavy (non-hydrogen) atoms. The van der Waals surface area contributed by atoms with Crippen LogP contribution in [-0.2, 0) is 6.67 Å². The molecule has 2 fully saturated rings. The lowest BCUT2D eigenvalue weighted by Gasteiger charge is -2.40. The van der Waals surface area contributed by atoms with E-state index < -0.39 is 5.91 Å². The minimum Gasteiger partial charge on any atom is -0.493 e. The maximum absolute atomic E-state index is 12.4. The average molecular weight is 510 g/mol. The maximum Gasteiger partial charge on any atom is 0.296 e. The standard InChI is InChI=1S/C25H28BrN5O2/c1-24(2)10-18-11-25(3,13-24)14-30(18)15-31-20-7-6-17(26)9-19(20)21(23(31)33)28-29-22(32)16-5-4-8-27-12-16/h4-9,12,18,33H,10-11,13-15H2,1-3H3/t18-,25-/m1/s1. The van der Waals surface area contributed by atoms with Crippen molar-refractivity contribution in [3.8, 4) is 5.88 Å². The number of nitrogens with zero attached hydrogens (tertiary/aromatic N) is 5. The number of halogens is 1. The fourth-order valence-corrected chi connectivity index (χ4v) is 6.46. The van der Waals surface area contributed by atoms with E-state index in [0.29, 0.717) is 34.8 Å². The van der Waals surface area contributed by atoms with Crippen LogP contribution in [-0.4, -0.2) is 38.1 Å². The first kappa shape index (κ1) is 22.2. The molecule has 1 saturated carbocycles. The van der Waals surface area contributed by atoms with E-state index in [2.05, 4.69) is 56.8 Å². The van der Waals surface area contributed by atoms with Gasteiger partial charge in [0.2, 0.25) is 5.88 Å². The molecule has 5 rings (SSSR count). The summed E-state index contributed by atoms with van der Waals surface area (Å²) in [6, 6.07) is 9.63. The first-order valence-electron chi connectivity index (χ1n) is 11.3. The number of carbonyl (C=O) groups is 1. The van der Waals surface area contributed by atoms with E-state index in [4.69, 9.17) is 0 Å². The second kappa shape index (κ2) is 8.02. The summed E-state index contributed by atoms with van der Waals surface area (Å²) in [6.07, 6.45) is 6.61. The van der Waals surface area contributed by atoms with Crippen LogP contribution in [0, 0.1) is 10.8 Å². The van der Waals surface area contributed by atoms with Gasteiger partial charge in [-0.05, 0) is 60.4 Å². The smallest absolute Gasteiger partial charge is 0.296 e. The number of aromatic hydroxyl groups is 1. The van der Waals surface area contributed by atoms with Crippen LogP contribution in [0.2, 0.25) is 0 Å². The van der Waals surface area contributed by atoms with E-state index in [-0.39, 0.29) is 5.88 Å². The molecule has 172 valence electrons. The number of aromatic nitrogens is 2. The van der Waals surface area contributed by atoms with Crippen molar-refractivity contribution in [2.45, 2.75) is 52.7 Å². The Morgan fingerprint density at radius 3 is 2.85 bits per heavy atom. The third-order valence-corrected chi connectivity index (χ3v) is 7.46. The molecule has 8 heteroatoms. The van der Waals surface area contributed by atoms with Crippen LogP contribution in [0.25, 0.3) is 10.9 Å². The summed E-state index contributed by atoms with van der Waals surface area (Å²) >= 11 is 3.51. The first-order chi connectivity index (χ1) is 15.6. The molecule has 1 saturated heterocycles. The summed E-state index contributed by atoms with van der Waals surface area (Å²) < 4.78 is 2.76. The Labute approximate surface area is 201 Å². The highest BCUT2D eigenvalue weighted by atomic mass is 79.9. The number of hydrogen-bond acceptors (Lipinski definition) is 5. The molecular weight excluding hydrogens is 482 g/mol. The fraction of sp³-hybridized carbons (Fsp3) is 0.440. The summed E-state index contributed by atoms with van der Waals surface area (Å²) in [7, 11) is 0. The van der Waals surface area contributed by atoms with Crippen molar-refractivity contribution in [3.05, 3.63) is 52.8 Å². The number of rotatable bonds is 4. The molecule has 1 aliphatic carbocycles. The number of hydrogen-bond donors (Lipinski definition) is 1. The number of benzene rings is 1. The van der Waals surface area contributed by atoms with Crippen LogP contribution in [0.4, 0.5) is 5.69 Å². The van der Waals surface area contributed by atoms with Gasteiger partial charge in [-0.3, -0.25) is 19.2 Å². The SMILES string of the molecule is CC1(C)C[C@@H]2C[C@@](C)(CN2Cn2c(O)c(N=NC(=O)c3cccnc3)c3cc(Br)ccc32)C1. The number of azo groups is 1. The molecule has 3 heterocycles. The summed E-state index contributed by atoms with van der Waals surface area (Å²) in [6.45, 7) is 8.69. The van der Waals surface area contributed by atoms with E-state index in [1.807, 2.05) is 22.8 Å². The summed E-state index contributed by atoms with van der Waals surface area (Å²) in [5, 5.41) is 20.0. The summed E-state index contributed by atoms with van der Waals surface area (Å²) in [4.78, 5) is 18.9. The predicted octanol–water partition coefficient (Wildman–Crippen LogP) is 6.29. The van der Waals surface area contributed by atoms with E-state index in [1.54, 1.807) is 18.3 Å². The molecule has 0 unspecified atom stereocenters. The van der Waals surface area contributed by atoms with E-state index in [0.717, 1.165) is 28.3 Å². The van der Waals surface area contributed by atoms with Crippen LogP contribution in [0.3, 0.4) is 0 Å². The van der Waals surface area contributed by atoms with E-state index in [9.17, 15) is 9.90 Å². The number of fused-ring (bicyclic) bond motifs is 3. The molecular formula is C25H28BrN5O2. The van der Waals surface area contributed by atoms with Gasteiger partial charge in [-0.25, -0.2) is 0 Å². The molecule has 7 nitrogen and oxygen atoms in total. The zero-order valence-corrected chi connectivity index (χ0v) is 20.7. The molecule has 0 radical (unpaired) electrons. The van der Waals surface area contributed by atoms with Crippen LogP contribution in [0.5, 0.6) is 5.88 Å². The van der Waals surface area contributed by atoms with Gasteiger partial charge in [0.05, 0.1) is 17.7 Å². The minimum absolute atomic E-state index is 0.0247. The molecule has 1 N–H and O–H groups in total. The van der Waals surface area contributed by atoms with Gasteiger partial charge < -0.3 is 5.11 Å². The van der Waals surface area contributed by atoms with Crippen LogP contribution < -0.4 is 0 Å². The topological polar surface area (TPSA) is 83.1 Å². The second-order valence-electron chi connectivity index (χ2n) is 10.6. The monoisotopic (exact) mass is 509 g/mol. The molecule has 1 aromatic carbocycles. The zero-order valence-electron chi connectivity index (χ0n) is 19.1. The van der Waals surface area contributed by atoms with Crippen molar-refractivity contribution < 1.29 is 9.90 Å². The molecule has 1 amide bonds. The van der Waals surface area contributed by atoms with E-state index >= 15 is 0 Å². The summed E-state index contributed by atoms with van der Waals surface area (Å²) in [5.74, 6) is -0.474. The number of likely N-dealkylation sites (tertiary alicyclic amines) is 1. The molecule has 2 aliphatic rings. The van der Waals surface area contributed by atoms with Gasteiger partial charge >= 0.3 is 0 Å². The highest BCUT2D eigenvalue weighted by Crippen LogP contribution is 2.53. The van der Waals surface area contributed by atoms with Gasteiger partial charge in [0.15, 0.2) is 5.69 Å². The highest BCUT2D eigenvalue weighted by Gasteiger charge is 2.49. The van der Waals surface area contributed by atoms with Gasteiger partial charge in [-0.2, -0.15) is 0 Å². The molecule has 2 bridgehead atoms. The van der Waals surface area contributed by atoms with Gasteiger partial charge in [0, 0.05) is 34.8 Å². The third-order valence-electron chi connectivity index (χ3n) is 6.97. The third kappa shape index (κ3) is 4.22. The summed E-state index contributed by atoms with van der Waals surface area (Å²) in [5.41, 5.74) is 2.14. The fourth-order valence-electron chi connectivity index (χ4n) is 6.10. The number of carbonyl (C=O) groups excluding carboxylic acids is 1. The first-order valence-corrected chi connectivity index (χ1v) is 12.0. The molecule has 2 atom stereocenters. The Bertz CT molecular complexity index is 1250. The Kier molecular flexibility index (Phi) is 5.40. The lowest BCUT2D eigenvalue weighted by atomic mass is 9.65. The van der Waals surface area contributed by atoms with Crippen molar-refractivity contribution in [3.63, 3.8) is 0 Å². The zero-order chi connectivity index (χ0) is 23.4. The van der Waals surface area contributed by atoms with Crippen molar-refractivity contribution >= 4 is 38.4 Å². The van der Waals surface area contributed by atoms with Crippen molar-refractivity contribution in [1.29, 1.82) is 0 Å². The number of pyridine rings is 1. The van der Waals surface area contributed by atoms with Crippen LogP contribution >= 0.6 is 15.9 Å². The predicted molar refractivity (Wildman–Crippen MR) is 131 cm³/mol. The molecule has 1 aliphatic heterocycles. The molecule has 3 aromatic rings. The molecule has 0 spiro atoms. The largest absolute Gasteiger partial charge is 0.493 e. The quantitative estimate of drug-likeness (QED) is 0.419.